The third kappa shape index (κ3) is 2.91. The lowest BCUT2D eigenvalue weighted by atomic mass is 10.1. The van der Waals surface area contributed by atoms with Gasteiger partial charge in [-0.25, -0.2) is 4.98 Å². The van der Waals surface area contributed by atoms with Gasteiger partial charge in [0.1, 0.15) is 6.54 Å². The van der Waals surface area contributed by atoms with Crippen LogP contribution in [0.15, 0.2) is 59.8 Å². The summed E-state index contributed by atoms with van der Waals surface area (Å²) in [5, 5.41) is 0.528. The number of hydrogen-bond donors (Lipinski definition) is 0. The Bertz CT molecular complexity index is 968. The molecule has 0 radical (unpaired) electrons. The summed E-state index contributed by atoms with van der Waals surface area (Å²) in [5.41, 5.74) is 1.36. The number of likely N-dealkylation sites (tertiary alicyclic amines) is 1. The van der Waals surface area contributed by atoms with E-state index in [1.54, 1.807) is 24.4 Å². The van der Waals surface area contributed by atoms with Crippen LogP contribution in [0.2, 0.25) is 0 Å². The van der Waals surface area contributed by atoms with Gasteiger partial charge in [-0.3, -0.25) is 19.1 Å². The highest BCUT2D eigenvalue weighted by Gasteiger charge is 2.30. The zero-order valence-corrected chi connectivity index (χ0v) is 13.7. The van der Waals surface area contributed by atoms with Gasteiger partial charge in [-0.1, -0.05) is 18.2 Å². The number of hydrogen-bond acceptors (Lipinski definition) is 4. The van der Waals surface area contributed by atoms with E-state index in [1.165, 1.54) is 10.9 Å². The van der Waals surface area contributed by atoms with Gasteiger partial charge >= 0.3 is 0 Å². The summed E-state index contributed by atoms with van der Waals surface area (Å²) in [5.74, 6) is -0.0765. The van der Waals surface area contributed by atoms with Gasteiger partial charge in [0.25, 0.3) is 5.56 Å². The predicted octanol–water partition coefficient (Wildman–Crippen LogP) is 2.16. The summed E-state index contributed by atoms with van der Waals surface area (Å²) in [6.45, 7) is 0.690. The van der Waals surface area contributed by atoms with Crippen LogP contribution in [-0.2, 0) is 11.3 Å². The molecule has 1 fully saturated rings. The van der Waals surface area contributed by atoms with Crippen LogP contribution in [0.3, 0.4) is 0 Å². The third-order valence-corrected chi connectivity index (χ3v) is 4.64. The summed E-state index contributed by atoms with van der Waals surface area (Å²) in [7, 11) is 0. The molecule has 0 saturated carbocycles. The smallest absolute Gasteiger partial charge is 0.261 e. The van der Waals surface area contributed by atoms with E-state index in [1.807, 2.05) is 29.2 Å². The molecule has 6 nitrogen and oxygen atoms in total. The Morgan fingerprint density at radius 2 is 1.96 bits per heavy atom. The molecule has 0 bridgehead atoms. The first kappa shape index (κ1) is 15.5. The molecule has 0 N–H and O–H groups in total. The van der Waals surface area contributed by atoms with Crippen LogP contribution in [-0.4, -0.2) is 31.9 Å². The zero-order chi connectivity index (χ0) is 17.2. The molecule has 126 valence electrons. The fourth-order valence-corrected chi connectivity index (χ4v) is 3.40. The molecule has 4 rings (SSSR count). The fraction of sp³-hybridized carbons (Fsp3) is 0.263. The van der Waals surface area contributed by atoms with Crippen LogP contribution >= 0.6 is 0 Å². The van der Waals surface area contributed by atoms with E-state index < -0.39 is 0 Å². The Balaban J connectivity index is 1.60. The second kappa shape index (κ2) is 6.47. The van der Waals surface area contributed by atoms with Crippen molar-refractivity contribution < 1.29 is 4.79 Å². The first-order valence-electron chi connectivity index (χ1n) is 8.38. The van der Waals surface area contributed by atoms with Crippen molar-refractivity contribution in [3.05, 3.63) is 71.0 Å². The third-order valence-electron chi connectivity index (χ3n) is 4.64. The molecule has 1 aromatic carbocycles. The van der Waals surface area contributed by atoms with Gasteiger partial charge in [0.05, 0.1) is 29.0 Å². The highest BCUT2D eigenvalue weighted by Crippen LogP contribution is 2.30. The van der Waals surface area contributed by atoms with Crippen LogP contribution < -0.4 is 5.56 Å². The minimum Gasteiger partial charge on any atom is -0.333 e. The van der Waals surface area contributed by atoms with E-state index in [-0.39, 0.29) is 24.1 Å². The van der Waals surface area contributed by atoms with Crippen molar-refractivity contribution in [1.82, 2.24) is 19.4 Å². The van der Waals surface area contributed by atoms with Crippen molar-refractivity contribution in [3.8, 4) is 0 Å². The van der Waals surface area contributed by atoms with Gasteiger partial charge in [-0.05, 0) is 37.1 Å². The van der Waals surface area contributed by atoms with Gasteiger partial charge in [0, 0.05) is 12.7 Å². The number of fused-ring (bicyclic) bond motifs is 1. The average molecular weight is 334 g/mol. The molecule has 2 aromatic heterocycles. The monoisotopic (exact) mass is 334 g/mol. The van der Waals surface area contributed by atoms with Crippen LogP contribution in [0.5, 0.6) is 0 Å². The summed E-state index contributed by atoms with van der Waals surface area (Å²) in [4.78, 5) is 35.9. The SMILES string of the molecule is O=C(Cn1cnc2ccccc2c1=O)N1CCC[C@H]1c1ccccn1. The molecule has 1 amide bonds. The van der Waals surface area contributed by atoms with Crippen molar-refractivity contribution in [2.75, 3.05) is 6.54 Å². The Morgan fingerprint density at radius 1 is 1.12 bits per heavy atom. The van der Waals surface area contributed by atoms with Gasteiger partial charge < -0.3 is 4.90 Å². The lowest BCUT2D eigenvalue weighted by Crippen LogP contribution is -2.36. The number of rotatable bonds is 3. The van der Waals surface area contributed by atoms with Crippen molar-refractivity contribution in [1.29, 1.82) is 0 Å². The lowest BCUT2D eigenvalue weighted by molar-refractivity contribution is -0.132. The second-order valence-corrected chi connectivity index (χ2v) is 6.19. The van der Waals surface area contributed by atoms with Crippen molar-refractivity contribution in [3.63, 3.8) is 0 Å². The van der Waals surface area contributed by atoms with E-state index >= 15 is 0 Å². The largest absolute Gasteiger partial charge is 0.333 e. The van der Waals surface area contributed by atoms with Crippen LogP contribution in [0.4, 0.5) is 0 Å². The molecule has 0 spiro atoms. The lowest BCUT2D eigenvalue weighted by Gasteiger charge is -2.24. The molecular weight excluding hydrogens is 316 g/mol. The molecule has 1 atom stereocenters. The molecule has 3 aromatic rings. The normalized spacial score (nSPS) is 17.1. The van der Waals surface area contributed by atoms with E-state index in [4.69, 9.17) is 0 Å². The van der Waals surface area contributed by atoms with E-state index in [0.29, 0.717) is 17.4 Å². The average Bonchev–Trinajstić information content (AvgIpc) is 3.15. The van der Waals surface area contributed by atoms with Gasteiger partial charge in [-0.2, -0.15) is 0 Å². The Labute approximate surface area is 144 Å². The molecular formula is C19H18N4O2. The summed E-state index contributed by atoms with van der Waals surface area (Å²) >= 11 is 0. The first-order chi connectivity index (χ1) is 12.2. The van der Waals surface area contributed by atoms with Crippen molar-refractivity contribution in [2.24, 2.45) is 0 Å². The summed E-state index contributed by atoms with van der Waals surface area (Å²) in [6, 6.07) is 12.9. The maximum Gasteiger partial charge on any atom is 0.261 e. The Hall–Kier alpha value is -3.02. The molecule has 3 heterocycles. The molecule has 0 unspecified atom stereocenters. The number of amides is 1. The summed E-state index contributed by atoms with van der Waals surface area (Å²) in [6.07, 6.45) is 5.04. The highest BCUT2D eigenvalue weighted by atomic mass is 16.2. The number of para-hydroxylation sites is 1. The van der Waals surface area contributed by atoms with E-state index in [9.17, 15) is 9.59 Å². The van der Waals surface area contributed by atoms with Gasteiger partial charge in [0.15, 0.2) is 0 Å². The maximum absolute atomic E-state index is 12.8. The van der Waals surface area contributed by atoms with Gasteiger partial charge in [0.2, 0.25) is 5.91 Å². The molecule has 0 aliphatic carbocycles. The molecule has 1 aliphatic rings. The number of aromatic nitrogens is 3. The first-order valence-corrected chi connectivity index (χ1v) is 8.38. The minimum atomic E-state index is -0.187. The number of pyridine rings is 1. The van der Waals surface area contributed by atoms with E-state index in [0.717, 1.165) is 18.5 Å². The van der Waals surface area contributed by atoms with Gasteiger partial charge in [-0.15, -0.1) is 0 Å². The number of carbonyl (C=O) groups excluding carboxylic acids is 1. The van der Waals surface area contributed by atoms with Crippen LogP contribution in [0.25, 0.3) is 10.9 Å². The molecule has 1 aliphatic heterocycles. The zero-order valence-electron chi connectivity index (χ0n) is 13.7. The topological polar surface area (TPSA) is 68.1 Å². The molecule has 6 heteroatoms. The molecule has 1 saturated heterocycles. The number of benzene rings is 1. The standard InChI is InChI=1S/C19H18N4O2/c24-18(23-11-5-9-17(23)16-8-3-4-10-20-16)12-22-13-21-15-7-2-1-6-14(15)19(22)25/h1-4,6-8,10,13,17H,5,9,11-12H2/t17-/m0/s1. The van der Waals surface area contributed by atoms with Crippen molar-refractivity contribution in [2.45, 2.75) is 25.4 Å². The maximum atomic E-state index is 12.8. The highest BCUT2D eigenvalue weighted by molar-refractivity contribution is 5.79. The Kier molecular flexibility index (Phi) is 4.01. The molecule has 25 heavy (non-hydrogen) atoms. The predicted molar refractivity (Wildman–Crippen MR) is 93.9 cm³/mol. The van der Waals surface area contributed by atoms with Crippen LogP contribution in [0, 0.1) is 0 Å². The van der Waals surface area contributed by atoms with Crippen LogP contribution in [0.1, 0.15) is 24.6 Å². The van der Waals surface area contributed by atoms with E-state index in [2.05, 4.69) is 9.97 Å². The summed E-state index contributed by atoms with van der Waals surface area (Å²) < 4.78 is 1.39. The minimum absolute atomic E-state index is 0.00000118. The number of nitrogens with zero attached hydrogens (tertiary/aromatic N) is 4. The quantitative estimate of drug-likeness (QED) is 0.736. The fourth-order valence-electron chi connectivity index (χ4n) is 3.40. The Morgan fingerprint density at radius 3 is 2.80 bits per heavy atom. The second-order valence-electron chi connectivity index (χ2n) is 6.19. The van der Waals surface area contributed by atoms with Crippen molar-refractivity contribution >= 4 is 16.8 Å². The number of carbonyl (C=O) groups is 1.